The molecule has 2 fully saturated rings. The van der Waals surface area contributed by atoms with E-state index in [1.165, 1.54) is 34.1 Å². The Kier molecular flexibility index (Phi) is 12.1. The van der Waals surface area contributed by atoms with Gasteiger partial charge in [0.1, 0.15) is 11.6 Å². The van der Waals surface area contributed by atoms with E-state index in [2.05, 4.69) is 0 Å². The molecule has 0 unspecified atom stereocenters. The molecule has 2 heterocycles. The molecule has 2 aromatic carbocycles. The Balaban J connectivity index is 0.00000484. The number of hydrogen-bond donors (Lipinski definition) is 0. The topological polar surface area (TPSA) is 34.2 Å². The number of rotatable bonds is 8. The second-order valence-corrected chi connectivity index (χ2v) is 10.6. The van der Waals surface area contributed by atoms with Gasteiger partial charge in [0.15, 0.2) is 12.2 Å². The first-order chi connectivity index (χ1) is 19.2. The van der Waals surface area contributed by atoms with Crippen LogP contribution in [0.15, 0.2) is 36.4 Å². The highest BCUT2D eigenvalue weighted by Crippen LogP contribution is 2.34. The summed E-state index contributed by atoms with van der Waals surface area (Å²) in [6.07, 6.45) is -17.2. The van der Waals surface area contributed by atoms with Crippen molar-refractivity contribution in [3.63, 3.8) is 0 Å². The Morgan fingerprint density at radius 2 is 1.12 bits per heavy atom. The first-order valence-electron chi connectivity index (χ1n) is 12.6. The normalized spacial score (nSPS) is 22.4. The number of benzene rings is 2. The Morgan fingerprint density at radius 1 is 0.738 bits per heavy atom. The van der Waals surface area contributed by atoms with Crippen LogP contribution in [0.3, 0.4) is 0 Å². The monoisotopic (exact) mass is 672 g/mol. The van der Waals surface area contributed by atoms with Crippen molar-refractivity contribution < 1.29 is 49.3 Å². The molecule has 0 aliphatic carbocycles. The minimum absolute atomic E-state index is 0. The van der Waals surface area contributed by atoms with Crippen molar-refractivity contribution in [3.8, 4) is 0 Å². The van der Waals surface area contributed by atoms with Gasteiger partial charge in [-0.15, -0.1) is 12.4 Å². The maximum Gasteiger partial charge on any atom is 0.415 e. The highest BCUT2D eigenvalue weighted by molar-refractivity contribution is 6.31. The van der Waals surface area contributed by atoms with Gasteiger partial charge in [-0.1, -0.05) is 35.3 Å². The van der Waals surface area contributed by atoms with E-state index < -0.39 is 61.5 Å². The van der Waals surface area contributed by atoms with Crippen LogP contribution in [0.25, 0.3) is 0 Å². The van der Waals surface area contributed by atoms with E-state index in [0.29, 0.717) is 11.1 Å². The lowest BCUT2D eigenvalue weighted by Gasteiger charge is -2.38. The number of alkyl halides is 6. The minimum atomic E-state index is -5.10. The van der Waals surface area contributed by atoms with Crippen LogP contribution in [0, 0.1) is 11.6 Å². The average molecular weight is 674 g/mol. The highest BCUT2D eigenvalue weighted by atomic mass is 35.5. The zero-order valence-corrected chi connectivity index (χ0v) is 24.1. The van der Waals surface area contributed by atoms with Crippen molar-refractivity contribution in [1.29, 1.82) is 0 Å². The molecule has 16 heteroatoms. The molecular formula is C26H27Cl3F8N2O3. The van der Waals surface area contributed by atoms with E-state index in [-0.39, 0.29) is 61.8 Å². The summed E-state index contributed by atoms with van der Waals surface area (Å²) in [6.45, 7) is -1.91. The van der Waals surface area contributed by atoms with Gasteiger partial charge >= 0.3 is 12.4 Å². The summed E-state index contributed by atoms with van der Waals surface area (Å²) in [4.78, 5) is 2.58. The lowest BCUT2D eigenvalue weighted by atomic mass is 10.1. The molecule has 236 valence electrons. The molecule has 0 spiro atoms. The molecule has 0 N–H and O–H groups in total. The van der Waals surface area contributed by atoms with Crippen LogP contribution in [0.5, 0.6) is 0 Å². The Labute approximate surface area is 253 Å². The lowest BCUT2D eigenvalue weighted by molar-refractivity contribution is -0.292. The maximum atomic E-state index is 14.0. The van der Waals surface area contributed by atoms with Gasteiger partial charge in [0, 0.05) is 39.3 Å². The van der Waals surface area contributed by atoms with Crippen molar-refractivity contribution in [1.82, 2.24) is 9.80 Å². The van der Waals surface area contributed by atoms with Crippen LogP contribution in [0.4, 0.5) is 35.1 Å². The largest absolute Gasteiger partial charge is 0.415 e. The molecule has 2 aliphatic rings. The van der Waals surface area contributed by atoms with Crippen LogP contribution < -0.4 is 0 Å². The summed E-state index contributed by atoms with van der Waals surface area (Å²) < 4.78 is 127. The van der Waals surface area contributed by atoms with Crippen molar-refractivity contribution in [2.45, 2.75) is 36.8 Å². The molecule has 2 saturated heterocycles. The number of hydrogen-bond acceptors (Lipinski definition) is 5. The summed E-state index contributed by atoms with van der Waals surface area (Å²) in [5.74, 6) is -1.36. The van der Waals surface area contributed by atoms with E-state index >= 15 is 0 Å². The molecule has 0 aromatic heterocycles. The molecule has 4 rings (SSSR count). The van der Waals surface area contributed by atoms with Gasteiger partial charge in [0.25, 0.3) is 0 Å². The number of halogens is 11. The predicted molar refractivity (Wildman–Crippen MR) is 141 cm³/mol. The van der Waals surface area contributed by atoms with Crippen molar-refractivity contribution in [3.05, 3.63) is 69.2 Å². The molecule has 0 saturated carbocycles. The Hall–Kier alpha value is -1.45. The van der Waals surface area contributed by atoms with Crippen LogP contribution in [0.2, 0.25) is 10.0 Å². The van der Waals surface area contributed by atoms with Crippen molar-refractivity contribution >= 4 is 35.6 Å². The number of ether oxygens (including phenoxy) is 3. The van der Waals surface area contributed by atoms with E-state index in [1.807, 2.05) is 0 Å². The third kappa shape index (κ3) is 9.28. The smallest absolute Gasteiger partial charge is 0.371 e. The number of nitrogens with zero attached hydrogens (tertiary/aromatic N) is 2. The van der Waals surface area contributed by atoms with E-state index in [0.717, 1.165) is 12.1 Å². The molecule has 42 heavy (non-hydrogen) atoms. The van der Waals surface area contributed by atoms with Gasteiger partial charge in [-0.3, -0.25) is 9.80 Å². The summed E-state index contributed by atoms with van der Waals surface area (Å²) in [6, 6.07) is 7.52. The second-order valence-electron chi connectivity index (χ2n) is 9.78. The summed E-state index contributed by atoms with van der Waals surface area (Å²) in [5.41, 5.74) is 0.839. The molecule has 0 radical (unpaired) electrons. The molecular weight excluding hydrogens is 647 g/mol. The summed E-state index contributed by atoms with van der Waals surface area (Å²) >= 11 is 11.6. The molecule has 4 atom stereocenters. The van der Waals surface area contributed by atoms with Gasteiger partial charge < -0.3 is 14.2 Å². The highest BCUT2D eigenvalue weighted by Gasteiger charge is 2.50. The zero-order chi connectivity index (χ0) is 29.9. The fourth-order valence-corrected chi connectivity index (χ4v) is 5.06. The van der Waals surface area contributed by atoms with Crippen LogP contribution in [-0.4, -0.2) is 86.8 Å². The lowest BCUT2D eigenvalue weighted by Crippen LogP contribution is -2.53. The van der Waals surface area contributed by atoms with Gasteiger partial charge in [-0.2, -0.15) is 26.3 Å². The van der Waals surface area contributed by atoms with Crippen molar-refractivity contribution in [2.75, 3.05) is 52.5 Å². The fourth-order valence-electron chi connectivity index (χ4n) is 4.68. The zero-order valence-electron chi connectivity index (χ0n) is 21.7. The van der Waals surface area contributed by atoms with E-state index in [9.17, 15) is 35.1 Å². The first-order valence-corrected chi connectivity index (χ1v) is 13.3. The van der Waals surface area contributed by atoms with Gasteiger partial charge in [-0.25, -0.2) is 8.78 Å². The van der Waals surface area contributed by atoms with Gasteiger partial charge in [-0.05, 0) is 35.4 Å². The molecule has 2 aliphatic heterocycles. The van der Waals surface area contributed by atoms with E-state index in [4.69, 9.17) is 37.4 Å². The minimum Gasteiger partial charge on any atom is -0.371 e. The molecule has 0 bridgehead atoms. The molecule has 0 amide bonds. The second kappa shape index (κ2) is 14.6. The molecule has 5 nitrogen and oxygen atoms in total. The van der Waals surface area contributed by atoms with Crippen LogP contribution >= 0.6 is 35.6 Å². The third-order valence-corrected chi connectivity index (χ3v) is 7.42. The third-order valence-electron chi connectivity index (χ3n) is 6.84. The Bertz CT molecular complexity index is 1100. The van der Waals surface area contributed by atoms with Crippen LogP contribution in [-0.2, 0) is 14.2 Å². The molecule has 2 aromatic rings. The van der Waals surface area contributed by atoms with Gasteiger partial charge in [0.05, 0.1) is 35.5 Å². The fraction of sp³-hybridized carbons (Fsp3) is 0.538. The van der Waals surface area contributed by atoms with Crippen LogP contribution in [0.1, 0.15) is 23.3 Å². The summed E-state index contributed by atoms with van der Waals surface area (Å²) in [7, 11) is 0. The average Bonchev–Trinajstić information content (AvgIpc) is 2.90. The van der Waals surface area contributed by atoms with E-state index in [1.54, 1.807) is 0 Å². The quantitative estimate of drug-likeness (QED) is 0.282. The SMILES string of the molecule is Cl.Fc1ccc([C@@H]2CN(C[C@H](O[C@@H](CN3CCO[C@H](c4ccc(F)c(Cl)c4)C3)C(F)(F)F)C(F)(F)F)CCO2)cc1Cl. The standard InChI is InChI=1S/C26H26Cl2F8N2O3.ClH/c27-17-9-15(1-3-19(17)29)21-11-37(5-7-39-21)13-23(25(31,32)33)41-24(26(34,35)36)14-38-6-8-40-22(12-38)16-2-4-20(30)18(28)10-16;/h1-4,9-10,21-24H,5-8,11-14H2;1H/t21-,22-,23-,24-;/m0./s1. The summed E-state index contributed by atoms with van der Waals surface area (Å²) in [5, 5.41) is -0.388. The Morgan fingerprint density at radius 3 is 1.45 bits per heavy atom. The maximum absolute atomic E-state index is 14.0. The number of morpholine rings is 2. The first kappa shape index (κ1) is 35.0. The predicted octanol–water partition coefficient (Wildman–Crippen LogP) is 7.02. The van der Waals surface area contributed by atoms with Gasteiger partial charge in [0.2, 0.25) is 0 Å². The van der Waals surface area contributed by atoms with Crippen molar-refractivity contribution in [2.24, 2.45) is 0 Å².